The number of carbonyl (C=O) groups is 2. The van der Waals surface area contributed by atoms with Crippen LogP contribution in [0.2, 0.25) is 0 Å². The molecule has 0 atom stereocenters. The Morgan fingerprint density at radius 2 is 0.700 bits per heavy atom. The molecule has 302 valence electrons. The number of ether oxygens (including phenoxy) is 1. The molecule has 10 heteroatoms. The van der Waals surface area contributed by atoms with Crippen molar-refractivity contribution in [1.29, 1.82) is 0 Å². The number of hydrogen-bond donors (Lipinski definition) is 3. The zero-order chi connectivity index (χ0) is 41.9. The van der Waals surface area contributed by atoms with Crippen molar-refractivity contribution in [1.82, 2.24) is 9.80 Å². The van der Waals surface area contributed by atoms with E-state index in [4.69, 9.17) is 4.74 Å². The Labute approximate surface area is 349 Å². The second-order valence-corrected chi connectivity index (χ2v) is 14.5. The number of aliphatic hydroxyl groups is 3. The van der Waals surface area contributed by atoms with Crippen molar-refractivity contribution < 1.29 is 29.6 Å². The molecule has 0 bridgehead atoms. The van der Waals surface area contributed by atoms with Gasteiger partial charge in [-0.25, -0.2) is 0 Å². The molecule has 2 aliphatic rings. The molecule has 0 fully saturated rings. The van der Waals surface area contributed by atoms with E-state index in [1.54, 1.807) is 16.9 Å². The van der Waals surface area contributed by atoms with Gasteiger partial charge < -0.3 is 39.7 Å². The van der Waals surface area contributed by atoms with E-state index < -0.39 is 0 Å². The minimum Gasteiger partial charge on any atom is -0.497 e. The van der Waals surface area contributed by atoms with Gasteiger partial charge in [-0.2, -0.15) is 0 Å². The van der Waals surface area contributed by atoms with Crippen molar-refractivity contribution in [2.75, 3.05) is 30.0 Å². The molecule has 3 N–H and O–H groups in total. The average Bonchev–Trinajstić information content (AvgIpc) is 3.77. The third-order valence-electron chi connectivity index (χ3n) is 11.1. The largest absolute Gasteiger partial charge is 0.497 e. The number of methoxy groups -OCH3 is 1. The molecule has 0 unspecified atom stereocenters. The number of rotatable bonds is 14. The second-order valence-electron chi connectivity index (χ2n) is 14.5. The molecule has 0 saturated heterocycles. The lowest BCUT2D eigenvalue weighted by molar-refractivity contribution is -0.124. The zero-order valence-corrected chi connectivity index (χ0v) is 33.7. The standard InChI is InChI=1S/C50H46N4O6/c1-4-51-47(36-12-22-41(23-13-36)53(38-16-6-33(30-55)7-17-38)39-18-8-34(31-56)9-19-39)45-46(50(51)59)48(52(5-2)49(45)58)37-14-24-42(25-15-37)54(40-20-10-35(32-57)11-21-40)43-26-28-44(60-3)29-27-43/h6-29,55-57H,4-5,30-32H2,1-3H3. The monoisotopic (exact) mass is 798 g/mol. The number of amides is 2. The van der Waals surface area contributed by atoms with Crippen LogP contribution in [0.3, 0.4) is 0 Å². The van der Waals surface area contributed by atoms with Crippen LogP contribution in [0.25, 0.3) is 11.4 Å². The van der Waals surface area contributed by atoms with Gasteiger partial charge in [0.05, 0.1) is 49.5 Å². The highest BCUT2D eigenvalue weighted by atomic mass is 16.5. The summed E-state index contributed by atoms with van der Waals surface area (Å²) in [5, 5.41) is 29.0. The van der Waals surface area contributed by atoms with E-state index in [2.05, 4.69) is 9.80 Å². The van der Waals surface area contributed by atoms with Crippen LogP contribution in [0.15, 0.2) is 157 Å². The first kappa shape index (κ1) is 39.8. The average molecular weight is 799 g/mol. The summed E-state index contributed by atoms with van der Waals surface area (Å²) in [6, 6.07) is 46.6. The maximum Gasteiger partial charge on any atom is 0.261 e. The third-order valence-corrected chi connectivity index (χ3v) is 11.1. The van der Waals surface area contributed by atoms with Gasteiger partial charge in [-0.3, -0.25) is 9.59 Å². The van der Waals surface area contributed by atoms with Crippen LogP contribution in [0.1, 0.15) is 41.7 Å². The van der Waals surface area contributed by atoms with Crippen LogP contribution in [0.5, 0.6) is 5.75 Å². The fourth-order valence-corrected chi connectivity index (χ4v) is 8.01. The highest BCUT2D eigenvalue weighted by Gasteiger charge is 2.48. The van der Waals surface area contributed by atoms with Gasteiger partial charge in [0.25, 0.3) is 11.8 Å². The van der Waals surface area contributed by atoms with Crippen molar-refractivity contribution in [2.24, 2.45) is 0 Å². The van der Waals surface area contributed by atoms with Gasteiger partial charge in [0.1, 0.15) is 5.75 Å². The SMILES string of the molecule is CCN1C(=O)C2=C(c3ccc(N(c4ccc(CO)cc4)c4ccc(OC)cc4)cc3)N(CC)C(=O)C2=C1c1ccc(N(c2ccc(CO)cc2)c2ccc(CO)cc2)cc1. The molecule has 2 amide bonds. The number of benzene rings is 6. The molecule has 60 heavy (non-hydrogen) atoms. The van der Waals surface area contributed by atoms with Gasteiger partial charge in [-0.05, 0) is 127 Å². The Balaban J connectivity index is 1.19. The molecular weight excluding hydrogens is 753 g/mol. The number of likely N-dealkylation sites (N-methyl/N-ethyl adjacent to an activating group) is 2. The highest BCUT2D eigenvalue weighted by Crippen LogP contribution is 2.47. The predicted molar refractivity (Wildman–Crippen MR) is 235 cm³/mol. The van der Waals surface area contributed by atoms with Crippen molar-refractivity contribution in [3.05, 3.63) is 185 Å². The van der Waals surface area contributed by atoms with E-state index in [1.807, 2.05) is 159 Å². The zero-order valence-electron chi connectivity index (χ0n) is 33.7. The topological polar surface area (TPSA) is 117 Å². The van der Waals surface area contributed by atoms with Gasteiger partial charge in [-0.1, -0.05) is 60.7 Å². The Morgan fingerprint density at radius 1 is 0.433 bits per heavy atom. The normalized spacial score (nSPS) is 13.7. The van der Waals surface area contributed by atoms with Crippen LogP contribution in [-0.4, -0.2) is 57.1 Å². The summed E-state index contributed by atoms with van der Waals surface area (Å²) in [5.41, 5.74) is 11.1. The van der Waals surface area contributed by atoms with Gasteiger partial charge in [0.15, 0.2) is 0 Å². The van der Waals surface area contributed by atoms with Crippen molar-refractivity contribution in [2.45, 2.75) is 33.7 Å². The van der Waals surface area contributed by atoms with Gasteiger partial charge >= 0.3 is 0 Å². The Hall–Kier alpha value is -6.98. The van der Waals surface area contributed by atoms with Crippen molar-refractivity contribution >= 4 is 57.3 Å². The first-order valence-corrected chi connectivity index (χ1v) is 20.0. The Morgan fingerprint density at radius 3 is 0.950 bits per heavy atom. The van der Waals surface area contributed by atoms with E-state index in [0.29, 0.717) is 35.6 Å². The Bertz CT molecular complexity index is 2290. The lowest BCUT2D eigenvalue weighted by Crippen LogP contribution is -2.29. The molecular formula is C50H46N4O6. The summed E-state index contributed by atoms with van der Waals surface area (Å²) in [6.45, 7) is 4.41. The maximum absolute atomic E-state index is 14.5. The molecule has 0 saturated carbocycles. The Kier molecular flexibility index (Phi) is 11.3. The summed E-state index contributed by atoms with van der Waals surface area (Å²) >= 11 is 0. The molecule has 0 spiro atoms. The second kappa shape index (κ2) is 17.1. The van der Waals surface area contributed by atoms with Crippen LogP contribution in [0, 0.1) is 0 Å². The number of nitrogens with zero attached hydrogens (tertiary/aromatic N) is 4. The molecule has 2 heterocycles. The number of carbonyl (C=O) groups excluding carboxylic acids is 2. The fourth-order valence-electron chi connectivity index (χ4n) is 8.01. The van der Waals surface area contributed by atoms with Crippen LogP contribution >= 0.6 is 0 Å². The highest BCUT2D eigenvalue weighted by molar-refractivity contribution is 6.30. The van der Waals surface area contributed by atoms with Crippen LogP contribution in [0.4, 0.5) is 34.1 Å². The van der Waals surface area contributed by atoms with Crippen molar-refractivity contribution in [3.63, 3.8) is 0 Å². The molecule has 0 aliphatic carbocycles. The van der Waals surface area contributed by atoms with E-state index in [0.717, 1.165) is 67.7 Å². The first-order valence-electron chi connectivity index (χ1n) is 20.0. The minimum atomic E-state index is -0.214. The molecule has 6 aromatic rings. The number of anilines is 6. The minimum absolute atomic E-state index is 0.0544. The molecule has 2 aliphatic heterocycles. The van der Waals surface area contributed by atoms with E-state index in [1.165, 1.54) is 0 Å². The summed E-state index contributed by atoms with van der Waals surface area (Å²) in [5.74, 6) is 0.309. The third kappa shape index (κ3) is 7.21. The molecule has 6 aromatic carbocycles. The van der Waals surface area contributed by atoms with Crippen LogP contribution < -0.4 is 14.5 Å². The van der Waals surface area contributed by atoms with E-state index in [9.17, 15) is 24.9 Å². The molecule has 0 radical (unpaired) electrons. The lowest BCUT2D eigenvalue weighted by Gasteiger charge is -2.27. The smallest absolute Gasteiger partial charge is 0.261 e. The summed E-state index contributed by atoms with van der Waals surface area (Å²) in [6.07, 6.45) is 0. The number of fused-ring (bicyclic) bond motifs is 1. The summed E-state index contributed by atoms with van der Waals surface area (Å²) in [4.78, 5) is 36.5. The van der Waals surface area contributed by atoms with Crippen LogP contribution in [-0.2, 0) is 29.4 Å². The van der Waals surface area contributed by atoms with E-state index in [-0.39, 0.29) is 31.6 Å². The summed E-state index contributed by atoms with van der Waals surface area (Å²) < 4.78 is 5.42. The summed E-state index contributed by atoms with van der Waals surface area (Å²) in [7, 11) is 1.63. The predicted octanol–water partition coefficient (Wildman–Crippen LogP) is 8.96. The van der Waals surface area contributed by atoms with Crippen molar-refractivity contribution in [3.8, 4) is 5.75 Å². The lowest BCUT2D eigenvalue weighted by atomic mass is 10.0. The molecule has 8 rings (SSSR count). The fraction of sp³-hybridized carbons (Fsp3) is 0.160. The molecule has 10 nitrogen and oxygen atoms in total. The maximum atomic E-state index is 14.5. The van der Waals surface area contributed by atoms with Gasteiger partial charge in [0, 0.05) is 47.2 Å². The van der Waals surface area contributed by atoms with Gasteiger partial charge in [0.2, 0.25) is 0 Å². The number of aliphatic hydroxyl groups excluding tert-OH is 3. The van der Waals surface area contributed by atoms with E-state index >= 15 is 0 Å². The van der Waals surface area contributed by atoms with Gasteiger partial charge in [-0.15, -0.1) is 0 Å². The molecule has 0 aromatic heterocycles. The first-order chi connectivity index (χ1) is 29.3. The number of hydrogen-bond acceptors (Lipinski definition) is 8. The quantitative estimate of drug-likeness (QED) is 0.100.